The lowest BCUT2D eigenvalue weighted by molar-refractivity contribution is 0.111. The van der Waals surface area contributed by atoms with Crippen LogP contribution in [-0.4, -0.2) is 64.7 Å². The molecule has 4 N–H and O–H groups in total. The zero-order valence-electron chi connectivity index (χ0n) is 40.5. The second-order valence-corrected chi connectivity index (χ2v) is 19.0. The first-order chi connectivity index (χ1) is 37.0. The minimum atomic E-state index is 0.102. The molecule has 0 amide bonds. The maximum atomic E-state index is 10.8. The van der Waals surface area contributed by atoms with Crippen molar-refractivity contribution in [3.8, 4) is 34.5 Å². The number of aromatic hydroxyl groups is 4. The number of rotatable bonds is 16. The Labute approximate surface area is 504 Å². The summed E-state index contributed by atoms with van der Waals surface area (Å²) in [6.45, 7) is 11.6. The van der Waals surface area contributed by atoms with E-state index in [1.807, 2.05) is 42.5 Å². The van der Waals surface area contributed by atoms with Gasteiger partial charge in [-0.15, -0.1) is 13.2 Å². The predicted octanol–water partition coefficient (Wildman–Crippen LogP) is 16.9. The van der Waals surface area contributed by atoms with Crippen molar-refractivity contribution >= 4 is 146 Å². The summed E-state index contributed by atoms with van der Waals surface area (Å²) >= 11 is 21.7. The number of hydrogen-bond donors (Lipinski definition) is 4. The van der Waals surface area contributed by atoms with Crippen LogP contribution in [-0.2, 0) is 19.4 Å². The van der Waals surface area contributed by atoms with Crippen LogP contribution in [0.5, 0.6) is 34.5 Å². The number of carbonyl (C=O) groups is 6. The summed E-state index contributed by atoms with van der Waals surface area (Å²) < 4.78 is 14.5. The maximum absolute atomic E-state index is 10.8. The minimum absolute atomic E-state index is 0.102. The number of benzene rings is 7. The lowest BCUT2D eigenvalue weighted by atomic mass is 10.0. The Morgan fingerprint density at radius 2 is 0.935 bits per heavy atom. The number of allylic oxidation sites excluding steroid dienone is 2. The molecule has 0 spiro atoms. The summed E-state index contributed by atoms with van der Waals surface area (Å²) in [5.74, 6) is 1.85. The van der Waals surface area contributed by atoms with Gasteiger partial charge >= 0.3 is 0 Å². The molecule has 19 heteroatoms. The number of aldehydes is 6. The number of carbonyl (C=O) groups excluding carboxylic acids is 6. The van der Waals surface area contributed by atoms with Gasteiger partial charge in [-0.25, -0.2) is 0 Å². The van der Waals surface area contributed by atoms with E-state index in [0.717, 1.165) is 38.9 Å². The Kier molecular flexibility index (Phi) is 36.0. The van der Waals surface area contributed by atoms with E-state index in [2.05, 4.69) is 128 Å². The van der Waals surface area contributed by atoms with Crippen LogP contribution in [0.4, 0.5) is 0 Å². The Bertz CT molecular complexity index is 3040. The van der Waals surface area contributed by atoms with E-state index in [-0.39, 0.29) is 23.0 Å². The molecule has 0 saturated carbocycles. The second kappa shape index (κ2) is 40.2. The monoisotopic (exact) mass is 1490 g/mol. The molecular weight excluding hydrogens is 1450 g/mol. The lowest BCUT2D eigenvalue weighted by Crippen LogP contribution is -1.95. The molecule has 0 heterocycles. The Balaban J connectivity index is 0.000000464. The molecule has 0 bridgehead atoms. The maximum Gasteiger partial charge on any atom is 0.151 e. The molecular formula is C58H49Br7O12. The third kappa shape index (κ3) is 26.2. The SMILES string of the molecule is BrBr.C=CCOc1ccc(Br)c(C=O)c1.C=CCc1c(O)ccc(Br)c1C=O.C=CCc1cc(Br)c(C=O)cc1O.O=Cc1cc(O)ccc1Br.O=Cc1cc(OCc2ccccc2)ccc1Br.O=Cc1cccc(O)c1. The second-order valence-electron chi connectivity index (χ2n) is 14.7. The van der Waals surface area contributed by atoms with Crippen LogP contribution >= 0.6 is 108 Å². The average Bonchev–Trinajstić information content (AvgIpc) is 3.44. The first-order valence-electron chi connectivity index (χ1n) is 21.9. The van der Waals surface area contributed by atoms with E-state index in [1.165, 1.54) is 30.3 Å². The zero-order valence-corrected chi connectivity index (χ0v) is 51.7. The van der Waals surface area contributed by atoms with E-state index in [4.69, 9.17) is 19.7 Å². The predicted molar refractivity (Wildman–Crippen MR) is 328 cm³/mol. The van der Waals surface area contributed by atoms with Gasteiger partial charge in [0.15, 0.2) is 31.4 Å². The fraction of sp³-hybridized carbons (Fsp3) is 0.0690. The van der Waals surface area contributed by atoms with E-state index >= 15 is 0 Å². The molecule has 7 aromatic rings. The van der Waals surface area contributed by atoms with Crippen LogP contribution in [0.25, 0.3) is 0 Å². The van der Waals surface area contributed by atoms with Crippen molar-refractivity contribution in [2.75, 3.05) is 6.61 Å². The zero-order chi connectivity index (χ0) is 57.7. The van der Waals surface area contributed by atoms with Crippen molar-refractivity contribution in [2.24, 2.45) is 0 Å². The highest BCUT2D eigenvalue weighted by Crippen LogP contribution is 2.29. The first kappa shape index (κ1) is 69.0. The summed E-state index contributed by atoms with van der Waals surface area (Å²) in [5, 5.41) is 36.6. The van der Waals surface area contributed by atoms with Gasteiger partial charge in [-0.2, -0.15) is 0 Å². The molecule has 0 aromatic heterocycles. The molecule has 0 aliphatic heterocycles. The topological polar surface area (TPSA) is 202 Å². The Morgan fingerprint density at radius 3 is 1.42 bits per heavy atom. The number of halogens is 7. The van der Waals surface area contributed by atoms with Crippen LogP contribution in [0, 0.1) is 0 Å². The summed E-state index contributed by atoms with van der Waals surface area (Å²) in [5.41, 5.74) is 5.53. The van der Waals surface area contributed by atoms with E-state index in [0.29, 0.717) is 109 Å². The molecule has 7 aromatic carbocycles. The molecule has 0 aliphatic rings. The quantitative estimate of drug-likeness (QED) is 0.0528. The highest BCUT2D eigenvalue weighted by atomic mass is 80.9. The number of hydrogen-bond acceptors (Lipinski definition) is 12. The average molecular weight is 1500 g/mol. The van der Waals surface area contributed by atoms with E-state index < -0.39 is 0 Å². The van der Waals surface area contributed by atoms with Gasteiger partial charge in [0.25, 0.3) is 0 Å². The third-order valence-corrected chi connectivity index (χ3v) is 12.9. The highest BCUT2D eigenvalue weighted by molar-refractivity contribution is 9.93. The Morgan fingerprint density at radius 1 is 0.429 bits per heavy atom. The largest absolute Gasteiger partial charge is 0.508 e. The van der Waals surface area contributed by atoms with Crippen LogP contribution in [0.15, 0.2) is 194 Å². The van der Waals surface area contributed by atoms with Gasteiger partial charge < -0.3 is 29.9 Å². The standard InChI is InChI=1S/C14H11BrO2.3C10H9BrO2.C7H5BrO2.C7H6O2.Br2/c15-14-7-6-13(8-12(14)9-16)17-10-11-4-2-1-3-5-11;1-2-5-13-9-3-4-10(11)8(6-9)7-12;1-2-3-7-4-9(11)8(6-12)5-10(7)13;1-2-3-7-8(6-12)9(11)4-5-10(7)13;8-7-2-1-6(10)3-5(7)4-9;8-5-6-2-1-3-7(9)4-6;1-2/h1-9H,10H2;2-4,6-7H,1,5H2;2*2,4-6,13H,1,3H2;1-4,10H;1-5,9H;. The fourth-order valence-electron chi connectivity index (χ4n) is 5.66. The summed E-state index contributed by atoms with van der Waals surface area (Å²) in [7, 11) is 0. The molecule has 0 unspecified atom stereocenters. The van der Waals surface area contributed by atoms with Gasteiger partial charge in [0.2, 0.25) is 0 Å². The van der Waals surface area contributed by atoms with Crippen LogP contribution in [0.2, 0.25) is 0 Å². The van der Waals surface area contributed by atoms with Crippen molar-refractivity contribution < 1.29 is 58.7 Å². The number of phenolic OH excluding ortho intramolecular Hbond substituents is 4. The normalized spacial score (nSPS) is 9.34. The molecule has 0 aliphatic carbocycles. The van der Waals surface area contributed by atoms with E-state index in [1.54, 1.807) is 78.9 Å². The van der Waals surface area contributed by atoms with E-state index in [9.17, 15) is 39.0 Å². The van der Waals surface area contributed by atoms with Crippen LogP contribution in [0.3, 0.4) is 0 Å². The van der Waals surface area contributed by atoms with Crippen molar-refractivity contribution in [1.29, 1.82) is 0 Å². The number of phenols is 4. The summed E-state index contributed by atoms with van der Waals surface area (Å²) in [6, 6.07) is 37.6. The molecule has 0 fully saturated rings. The van der Waals surface area contributed by atoms with Crippen molar-refractivity contribution in [2.45, 2.75) is 19.4 Å². The first-order valence-corrected chi connectivity index (χ1v) is 29.6. The highest BCUT2D eigenvalue weighted by Gasteiger charge is 2.10. The van der Waals surface area contributed by atoms with Gasteiger partial charge in [-0.1, -0.05) is 147 Å². The van der Waals surface area contributed by atoms with Gasteiger partial charge in [-0.05, 0) is 115 Å². The Hall–Kier alpha value is -6.06. The van der Waals surface area contributed by atoms with Crippen LogP contribution in [0.1, 0.15) is 78.8 Å². The van der Waals surface area contributed by atoms with Crippen LogP contribution < -0.4 is 9.47 Å². The summed E-state index contributed by atoms with van der Waals surface area (Å²) in [6.07, 6.45) is 10.5. The van der Waals surface area contributed by atoms with Crippen molar-refractivity contribution in [3.63, 3.8) is 0 Å². The molecule has 77 heavy (non-hydrogen) atoms. The summed E-state index contributed by atoms with van der Waals surface area (Å²) in [4.78, 5) is 62.8. The third-order valence-electron chi connectivity index (χ3n) is 9.35. The smallest absolute Gasteiger partial charge is 0.151 e. The number of ether oxygens (including phenoxy) is 2. The van der Waals surface area contributed by atoms with Gasteiger partial charge in [-0.3, -0.25) is 28.8 Å². The molecule has 402 valence electrons. The van der Waals surface area contributed by atoms with Gasteiger partial charge in [0.1, 0.15) is 54.0 Å². The molecule has 7 rings (SSSR count). The molecule has 12 nitrogen and oxygen atoms in total. The lowest BCUT2D eigenvalue weighted by Gasteiger charge is -2.07. The van der Waals surface area contributed by atoms with Gasteiger partial charge in [0.05, 0.1) is 0 Å². The molecule has 0 radical (unpaired) electrons. The van der Waals surface area contributed by atoms with Crippen molar-refractivity contribution in [1.82, 2.24) is 0 Å². The van der Waals surface area contributed by atoms with Gasteiger partial charge in [0, 0.05) is 89.6 Å². The fourth-order valence-corrected chi connectivity index (χ4v) is 7.63. The molecule has 0 atom stereocenters. The minimum Gasteiger partial charge on any atom is -0.508 e. The van der Waals surface area contributed by atoms with Crippen molar-refractivity contribution in [3.05, 3.63) is 244 Å². The molecule has 0 saturated heterocycles.